The van der Waals surface area contributed by atoms with Gasteiger partial charge in [-0.25, -0.2) is 4.98 Å². The summed E-state index contributed by atoms with van der Waals surface area (Å²) in [6, 6.07) is 5.82. The standard InChI is InChI=1S/C18H21N3O3S.2ClH/c1-11-4-5-21(13(6-11)8-19)18(22)14-9-25-17(20-14)12-2-3-15-16(7-12)24-10-23-15;;/h2-3,7,9,11,13H,4-6,8,10,19H2,1H3;2*1H. The lowest BCUT2D eigenvalue weighted by atomic mass is 9.92. The van der Waals surface area contributed by atoms with Crippen molar-refractivity contribution in [2.45, 2.75) is 25.8 Å². The lowest BCUT2D eigenvalue weighted by Gasteiger charge is -2.37. The highest BCUT2D eigenvalue weighted by molar-refractivity contribution is 7.13. The number of nitrogens with two attached hydrogens (primary N) is 1. The van der Waals surface area contributed by atoms with Gasteiger partial charge in [0.25, 0.3) is 5.91 Å². The quantitative estimate of drug-likeness (QED) is 0.802. The van der Waals surface area contributed by atoms with E-state index in [-0.39, 0.29) is 43.6 Å². The van der Waals surface area contributed by atoms with E-state index in [0.29, 0.717) is 23.9 Å². The van der Waals surface area contributed by atoms with Gasteiger partial charge in [-0.15, -0.1) is 36.2 Å². The molecule has 2 unspecified atom stereocenters. The van der Waals surface area contributed by atoms with Gasteiger partial charge in [0.2, 0.25) is 6.79 Å². The normalized spacial score (nSPS) is 20.6. The van der Waals surface area contributed by atoms with E-state index in [1.165, 1.54) is 11.3 Å². The third-order valence-electron chi connectivity index (χ3n) is 4.85. The molecule has 1 fully saturated rings. The summed E-state index contributed by atoms with van der Waals surface area (Å²) < 4.78 is 10.7. The number of nitrogens with zero attached hydrogens (tertiary/aromatic N) is 2. The summed E-state index contributed by atoms with van der Waals surface area (Å²) in [5, 5.41) is 2.63. The van der Waals surface area contributed by atoms with Crippen LogP contribution in [0, 0.1) is 5.92 Å². The maximum atomic E-state index is 12.9. The van der Waals surface area contributed by atoms with Crippen molar-refractivity contribution in [2.24, 2.45) is 11.7 Å². The van der Waals surface area contributed by atoms with Gasteiger partial charge in [-0.2, -0.15) is 0 Å². The summed E-state index contributed by atoms with van der Waals surface area (Å²) in [5.74, 6) is 2.04. The first-order valence-electron chi connectivity index (χ1n) is 8.52. The molecule has 1 saturated heterocycles. The molecule has 2 aliphatic heterocycles. The highest BCUT2D eigenvalue weighted by Gasteiger charge is 2.30. The summed E-state index contributed by atoms with van der Waals surface area (Å²) in [5.41, 5.74) is 7.30. The van der Waals surface area contributed by atoms with E-state index in [1.807, 2.05) is 28.5 Å². The van der Waals surface area contributed by atoms with Gasteiger partial charge in [0.15, 0.2) is 11.5 Å². The number of carbonyl (C=O) groups is 1. The molecule has 2 aromatic rings. The molecule has 3 heterocycles. The maximum Gasteiger partial charge on any atom is 0.273 e. The van der Waals surface area contributed by atoms with Crippen molar-refractivity contribution < 1.29 is 14.3 Å². The van der Waals surface area contributed by atoms with Crippen LogP contribution in [-0.4, -0.2) is 41.7 Å². The Balaban J connectivity index is 0.00000131. The lowest BCUT2D eigenvalue weighted by Crippen LogP contribution is -2.49. The Kier molecular flexibility index (Phi) is 7.33. The fourth-order valence-electron chi connectivity index (χ4n) is 3.42. The minimum atomic E-state index is -0.0226. The van der Waals surface area contributed by atoms with Crippen molar-refractivity contribution in [3.63, 3.8) is 0 Å². The van der Waals surface area contributed by atoms with E-state index in [2.05, 4.69) is 11.9 Å². The first kappa shape index (κ1) is 21.8. The number of likely N-dealkylation sites (tertiary alicyclic amines) is 1. The smallest absolute Gasteiger partial charge is 0.273 e. The number of piperidine rings is 1. The third-order valence-corrected chi connectivity index (χ3v) is 5.75. The van der Waals surface area contributed by atoms with Gasteiger partial charge in [0.1, 0.15) is 10.7 Å². The van der Waals surface area contributed by atoms with Gasteiger partial charge in [-0.05, 0) is 37.0 Å². The van der Waals surface area contributed by atoms with Crippen molar-refractivity contribution in [2.75, 3.05) is 19.9 Å². The van der Waals surface area contributed by atoms with Crippen LogP contribution in [0.1, 0.15) is 30.3 Å². The highest BCUT2D eigenvalue weighted by atomic mass is 35.5. The van der Waals surface area contributed by atoms with Crippen molar-refractivity contribution in [1.29, 1.82) is 0 Å². The first-order valence-corrected chi connectivity index (χ1v) is 9.40. The molecule has 2 N–H and O–H groups in total. The Morgan fingerprint density at radius 3 is 2.89 bits per heavy atom. The second-order valence-corrected chi connectivity index (χ2v) is 7.48. The van der Waals surface area contributed by atoms with Crippen LogP contribution < -0.4 is 15.2 Å². The molecule has 4 rings (SSSR count). The molecule has 0 spiro atoms. The molecule has 148 valence electrons. The van der Waals surface area contributed by atoms with E-state index < -0.39 is 0 Å². The van der Waals surface area contributed by atoms with Crippen LogP contribution in [-0.2, 0) is 0 Å². The zero-order valence-corrected chi connectivity index (χ0v) is 17.4. The fourth-order valence-corrected chi connectivity index (χ4v) is 4.21. The van der Waals surface area contributed by atoms with Crippen LogP contribution in [0.2, 0.25) is 0 Å². The number of fused-ring (bicyclic) bond motifs is 1. The highest BCUT2D eigenvalue weighted by Crippen LogP contribution is 2.37. The number of ether oxygens (including phenoxy) is 2. The van der Waals surface area contributed by atoms with E-state index in [0.717, 1.165) is 35.7 Å². The van der Waals surface area contributed by atoms with Crippen LogP contribution in [0.3, 0.4) is 0 Å². The van der Waals surface area contributed by atoms with Gasteiger partial charge in [-0.1, -0.05) is 6.92 Å². The number of thiazole rings is 1. The second kappa shape index (κ2) is 9.10. The zero-order valence-electron chi connectivity index (χ0n) is 14.9. The Bertz CT molecular complexity index is 802. The molecular weight excluding hydrogens is 409 g/mol. The topological polar surface area (TPSA) is 77.7 Å². The number of hydrogen-bond acceptors (Lipinski definition) is 6. The minimum absolute atomic E-state index is 0. The predicted octanol–water partition coefficient (Wildman–Crippen LogP) is 3.58. The van der Waals surface area contributed by atoms with Crippen LogP contribution in [0.25, 0.3) is 10.6 Å². The molecule has 2 aliphatic rings. The van der Waals surface area contributed by atoms with Gasteiger partial charge < -0.3 is 20.1 Å². The Morgan fingerprint density at radius 1 is 1.33 bits per heavy atom. The SMILES string of the molecule is CC1CCN(C(=O)c2csc(-c3ccc4c(c3)OCO4)n2)C(CN)C1.Cl.Cl. The molecule has 2 atom stereocenters. The van der Waals surface area contributed by atoms with Crippen molar-refractivity contribution >= 4 is 42.1 Å². The average Bonchev–Trinajstić information content (AvgIpc) is 3.29. The molecule has 0 radical (unpaired) electrons. The summed E-state index contributed by atoms with van der Waals surface area (Å²) in [6.07, 6.45) is 1.97. The number of amides is 1. The number of benzene rings is 1. The van der Waals surface area contributed by atoms with E-state index in [9.17, 15) is 4.79 Å². The number of hydrogen-bond donors (Lipinski definition) is 1. The first-order chi connectivity index (χ1) is 12.2. The molecular formula is C18H23Cl2N3O3S. The van der Waals surface area contributed by atoms with Crippen molar-refractivity contribution in [3.05, 3.63) is 29.3 Å². The summed E-state index contributed by atoms with van der Waals surface area (Å²) in [7, 11) is 0. The van der Waals surface area contributed by atoms with Crippen molar-refractivity contribution in [1.82, 2.24) is 9.88 Å². The lowest BCUT2D eigenvalue weighted by molar-refractivity contribution is 0.0568. The van der Waals surface area contributed by atoms with Gasteiger partial charge in [0.05, 0.1) is 0 Å². The summed E-state index contributed by atoms with van der Waals surface area (Å²) in [6.45, 7) is 3.70. The largest absolute Gasteiger partial charge is 0.454 e. The predicted molar refractivity (Wildman–Crippen MR) is 110 cm³/mol. The molecule has 27 heavy (non-hydrogen) atoms. The van der Waals surface area contributed by atoms with Crippen LogP contribution in [0.5, 0.6) is 11.5 Å². The monoisotopic (exact) mass is 431 g/mol. The Morgan fingerprint density at radius 2 is 2.11 bits per heavy atom. The minimum Gasteiger partial charge on any atom is -0.454 e. The van der Waals surface area contributed by atoms with E-state index in [1.54, 1.807) is 0 Å². The molecule has 9 heteroatoms. The van der Waals surface area contributed by atoms with Gasteiger partial charge >= 0.3 is 0 Å². The van der Waals surface area contributed by atoms with Gasteiger partial charge in [0, 0.05) is 30.1 Å². The number of rotatable bonds is 3. The van der Waals surface area contributed by atoms with E-state index >= 15 is 0 Å². The third kappa shape index (κ3) is 4.32. The zero-order chi connectivity index (χ0) is 17.4. The number of carbonyl (C=O) groups excluding carboxylic acids is 1. The maximum absolute atomic E-state index is 12.9. The Labute approximate surface area is 174 Å². The molecule has 1 amide bonds. The summed E-state index contributed by atoms with van der Waals surface area (Å²) in [4.78, 5) is 19.3. The fraction of sp³-hybridized carbons (Fsp3) is 0.444. The van der Waals surface area contributed by atoms with Crippen LogP contribution >= 0.6 is 36.2 Å². The molecule has 1 aromatic heterocycles. The van der Waals surface area contributed by atoms with Crippen LogP contribution in [0.15, 0.2) is 23.6 Å². The van der Waals surface area contributed by atoms with Crippen molar-refractivity contribution in [3.8, 4) is 22.1 Å². The number of aromatic nitrogens is 1. The number of halogens is 2. The van der Waals surface area contributed by atoms with E-state index in [4.69, 9.17) is 15.2 Å². The molecule has 0 saturated carbocycles. The summed E-state index contributed by atoms with van der Waals surface area (Å²) >= 11 is 1.46. The molecule has 1 aromatic carbocycles. The molecule has 0 bridgehead atoms. The average molecular weight is 432 g/mol. The van der Waals surface area contributed by atoms with Gasteiger partial charge in [-0.3, -0.25) is 4.79 Å². The molecule has 0 aliphatic carbocycles. The Hall–Kier alpha value is -1.54. The molecule has 6 nitrogen and oxygen atoms in total. The second-order valence-electron chi connectivity index (χ2n) is 6.62. The van der Waals surface area contributed by atoms with Crippen LogP contribution in [0.4, 0.5) is 0 Å².